The largest absolute Gasteiger partial charge is 0.497 e. The molecule has 3 heterocycles. The highest BCUT2D eigenvalue weighted by molar-refractivity contribution is 6.30. The van der Waals surface area contributed by atoms with E-state index in [2.05, 4.69) is 46.4 Å². The molecule has 0 spiro atoms. The second-order valence-electron chi connectivity index (χ2n) is 13.5. The van der Waals surface area contributed by atoms with Gasteiger partial charge in [0, 0.05) is 62.8 Å². The minimum atomic E-state index is -0.729. The average molecular weight is 763 g/mol. The summed E-state index contributed by atoms with van der Waals surface area (Å²) in [7, 11) is 1.64. The Bertz CT molecular complexity index is 1600. The minimum absolute atomic E-state index is 0. The molecule has 0 saturated carbocycles. The molecule has 2 amide bonds. The summed E-state index contributed by atoms with van der Waals surface area (Å²) < 4.78 is 17.2. The van der Waals surface area contributed by atoms with Crippen LogP contribution in [0.4, 0.5) is 5.69 Å². The van der Waals surface area contributed by atoms with Crippen molar-refractivity contribution in [3.05, 3.63) is 88.4 Å². The topological polar surface area (TPSA) is 95.6 Å². The maximum absolute atomic E-state index is 14.2. The van der Waals surface area contributed by atoms with Gasteiger partial charge in [0.05, 0.1) is 32.1 Å². The summed E-state index contributed by atoms with van der Waals surface area (Å²) in [4.78, 5) is 34.6. The van der Waals surface area contributed by atoms with Gasteiger partial charge in [-0.15, -0.1) is 24.8 Å². The van der Waals surface area contributed by atoms with Crippen LogP contribution in [0.25, 0.3) is 0 Å². The molecule has 10 nitrogen and oxygen atoms in total. The minimum Gasteiger partial charge on any atom is -0.497 e. The number of piperazine rings is 1. The molecule has 3 aliphatic rings. The first-order chi connectivity index (χ1) is 23.7. The number of para-hydroxylation sites is 2. The number of halogens is 3. The van der Waals surface area contributed by atoms with E-state index in [1.165, 1.54) is 0 Å². The van der Waals surface area contributed by atoms with E-state index in [4.69, 9.17) is 25.8 Å². The lowest BCUT2D eigenvalue weighted by atomic mass is 9.82. The first-order valence-corrected chi connectivity index (χ1v) is 17.6. The monoisotopic (exact) mass is 761 g/mol. The molecule has 1 unspecified atom stereocenters. The Morgan fingerprint density at radius 2 is 1.69 bits per heavy atom. The third-order valence-electron chi connectivity index (χ3n) is 9.80. The lowest BCUT2D eigenvalue weighted by Crippen LogP contribution is -2.60. The molecule has 0 bridgehead atoms. The molecule has 2 N–H and O–H groups in total. The molecular weight excluding hydrogens is 713 g/mol. The summed E-state index contributed by atoms with van der Waals surface area (Å²) in [6, 6.07) is 20.3. The molecule has 3 aromatic carbocycles. The van der Waals surface area contributed by atoms with Crippen LogP contribution < -0.4 is 25.0 Å². The van der Waals surface area contributed by atoms with E-state index in [1.54, 1.807) is 7.11 Å². The second kappa shape index (κ2) is 18.5. The summed E-state index contributed by atoms with van der Waals surface area (Å²) in [6.45, 7) is 11.4. The Kier molecular flexibility index (Phi) is 14.7. The van der Waals surface area contributed by atoms with E-state index in [9.17, 15) is 9.59 Å². The van der Waals surface area contributed by atoms with E-state index in [1.807, 2.05) is 59.5 Å². The van der Waals surface area contributed by atoms with E-state index in [0.29, 0.717) is 50.7 Å². The molecule has 6 rings (SSSR count). The fourth-order valence-electron chi connectivity index (χ4n) is 7.08. The number of methoxy groups -OCH3 is 1. The molecule has 0 radical (unpaired) electrons. The zero-order valence-corrected chi connectivity index (χ0v) is 32.0. The average Bonchev–Trinajstić information content (AvgIpc) is 3.12. The number of nitrogens with one attached hydrogen (secondary N) is 2. The lowest BCUT2D eigenvalue weighted by Gasteiger charge is -2.40. The number of anilines is 1. The summed E-state index contributed by atoms with van der Waals surface area (Å²) in [6.07, 6.45) is 0.860. The summed E-state index contributed by atoms with van der Waals surface area (Å²) in [5.41, 5.74) is 3.72. The number of carbonyl (C=O) groups is 2. The van der Waals surface area contributed by atoms with Crippen LogP contribution >= 0.6 is 36.4 Å². The summed E-state index contributed by atoms with van der Waals surface area (Å²) in [5, 5.41) is 7.29. The Morgan fingerprint density at radius 3 is 2.39 bits per heavy atom. The van der Waals surface area contributed by atoms with Gasteiger partial charge in [-0.05, 0) is 73.4 Å². The smallest absolute Gasteiger partial charge is 0.245 e. The first-order valence-electron chi connectivity index (χ1n) is 17.3. The molecule has 0 aliphatic carbocycles. The summed E-state index contributed by atoms with van der Waals surface area (Å²) >= 11 is 6.16. The molecule has 3 aliphatic heterocycles. The number of hydrogen-bond acceptors (Lipinski definition) is 8. The van der Waals surface area contributed by atoms with Crippen LogP contribution in [0.5, 0.6) is 11.5 Å². The van der Waals surface area contributed by atoms with Gasteiger partial charge in [-0.2, -0.15) is 0 Å². The number of carbonyl (C=O) groups excluding carboxylic acids is 2. The van der Waals surface area contributed by atoms with Gasteiger partial charge in [0.25, 0.3) is 0 Å². The predicted octanol–water partition coefficient (Wildman–Crippen LogP) is 4.73. The molecule has 3 aromatic rings. The third-order valence-corrected chi connectivity index (χ3v) is 10.0. The molecular formula is C38H50Cl3N5O5. The van der Waals surface area contributed by atoms with Crippen LogP contribution in [0, 0.1) is 0 Å². The lowest BCUT2D eigenvalue weighted by molar-refractivity contribution is -0.137. The molecule has 51 heavy (non-hydrogen) atoms. The van der Waals surface area contributed by atoms with Gasteiger partial charge in [0.15, 0.2) is 0 Å². The van der Waals surface area contributed by atoms with Crippen LogP contribution in [0.3, 0.4) is 0 Å². The van der Waals surface area contributed by atoms with Crippen molar-refractivity contribution in [2.24, 2.45) is 0 Å². The van der Waals surface area contributed by atoms with Gasteiger partial charge < -0.3 is 29.3 Å². The maximum Gasteiger partial charge on any atom is 0.245 e. The number of hydrogen-bond donors (Lipinski definition) is 2. The molecule has 2 atom stereocenters. The van der Waals surface area contributed by atoms with Gasteiger partial charge in [0.2, 0.25) is 11.8 Å². The van der Waals surface area contributed by atoms with Crippen LogP contribution in [-0.2, 0) is 32.7 Å². The van der Waals surface area contributed by atoms with Gasteiger partial charge >= 0.3 is 0 Å². The maximum atomic E-state index is 14.2. The Balaban J connectivity index is 0.00000292. The van der Waals surface area contributed by atoms with Gasteiger partial charge in [-0.3, -0.25) is 19.8 Å². The van der Waals surface area contributed by atoms with Crippen molar-refractivity contribution in [2.75, 3.05) is 77.6 Å². The number of ether oxygens (including phenoxy) is 3. The van der Waals surface area contributed by atoms with E-state index >= 15 is 0 Å². The highest BCUT2D eigenvalue weighted by Gasteiger charge is 2.38. The van der Waals surface area contributed by atoms with Crippen LogP contribution in [0.15, 0.2) is 66.7 Å². The molecule has 0 aromatic heterocycles. The molecule has 2 fully saturated rings. The zero-order valence-electron chi connectivity index (χ0n) is 29.6. The summed E-state index contributed by atoms with van der Waals surface area (Å²) in [5.74, 6) is 1.32. The Morgan fingerprint density at radius 1 is 0.980 bits per heavy atom. The Hall–Kier alpha value is -3.25. The highest BCUT2D eigenvalue weighted by atomic mass is 35.5. The quantitative estimate of drug-likeness (QED) is 0.290. The highest BCUT2D eigenvalue weighted by Crippen LogP contribution is 2.33. The van der Waals surface area contributed by atoms with Crippen LogP contribution in [-0.4, -0.2) is 106 Å². The van der Waals surface area contributed by atoms with Gasteiger partial charge in [-0.25, -0.2) is 0 Å². The van der Waals surface area contributed by atoms with Crippen molar-refractivity contribution in [2.45, 2.75) is 44.3 Å². The van der Waals surface area contributed by atoms with Crippen molar-refractivity contribution in [1.29, 1.82) is 0 Å². The van der Waals surface area contributed by atoms with E-state index < -0.39 is 17.6 Å². The SMILES string of the molecule is COc1ccc2c(c1)CC(C(=O)N[C@H](Cc1ccc(Cl)cc1)C(=O)N1CCN(c3ccccc3OCCN3CCOCC3)CC1)NC2(C)C.Cl.Cl. The number of fused-ring (bicyclic) bond motifs is 1. The van der Waals surface area contributed by atoms with Crippen molar-refractivity contribution in [3.63, 3.8) is 0 Å². The predicted molar refractivity (Wildman–Crippen MR) is 206 cm³/mol. The second-order valence-corrected chi connectivity index (χ2v) is 14.0. The van der Waals surface area contributed by atoms with Crippen molar-refractivity contribution >= 4 is 53.9 Å². The zero-order chi connectivity index (χ0) is 34.4. The van der Waals surface area contributed by atoms with Crippen molar-refractivity contribution < 1.29 is 23.8 Å². The normalized spacial score (nSPS) is 19.1. The van der Waals surface area contributed by atoms with E-state index in [0.717, 1.165) is 66.7 Å². The molecule has 13 heteroatoms. The van der Waals surface area contributed by atoms with Crippen LogP contribution in [0.1, 0.15) is 30.5 Å². The first kappa shape index (κ1) is 40.5. The number of benzene rings is 3. The Labute approximate surface area is 318 Å². The van der Waals surface area contributed by atoms with Gasteiger partial charge in [-0.1, -0.05) is 41.9 Å². The van der Waals surface area contributed by atoms with Crippen molar-refractivity contribution in [1.82, 2.24) is 20.4 Å². The van der Waals surface area contributed by atoms with Gasteiger partial charge in [0.1, 0.15) is 24.1 Å². The number of rotatable bonds is 11. The molecule has 278 valence electrons. The van der Waals surface area contributed by atoms with Crippen LogP contribution in [0.2, 0.25) is 5.02 Å². The number of morpholine rings is 1. The van der Waals surface area contributed by atoms with Crippen molar-refractivity contribution in [3.8, 4) is 11.5 Å². The third kappa shape index (κ3) is 10.2. The fourth-order valence-corrected chi connectivity index (χ4v) is 7.21. The fraction of sp³-hybridized carbons (Fsp3) is 0.474. The number of amides is 2. The number of nitrogens with zero attached hydrogens (tertiary/aromatic N) is 3. The standard InChI is InChI=1S/C38H48ClN5O5.2ClH/c1-38(2)31-13-12-30(47-3)25-28(31)26-32(41-38)36(45)40-33(24-27-8-10-29(39)11-9-27)37(46)44-16-14-43(15-17-44)34-6-4-5-7-35(34)49-23-20-42-18-21-48-22-19-42;;/h4-13,25,32-33,41H,14-24,26H2,1-3H3,(H,40,45);2*1H/t32?,33-;;/m1../s1. The van der Waals surface area contributed by atoms with E-state index in [-0.39, 0.29) is 36.6 Å². The molecule has 2 saturated heterocycles.